The molecule has 1 N–H and O–H groups in total. The van der Waals surface area contributed by atoms with Gasteiger partial charge in [-0.15, -0.1) is 0 Å². The van der Waals surface area contributed by atoms with Crippen LogP contribution in [0.3, 0.4) is 0 Å². The van der Waals surface area contributed by atoms with E-state index >= 15 is 0 Å². The van der Waals surface area contributed by atoms with Crippen LogP contribution in [0.2, 0.25) is 0 Å². The van der Waals surface area contributed by atoms with E-state index in [0.29, 0.717) is 25.2 Å². The Balaban J connectivity index is 1.28. The van der Waals surface area contributed by atoms with Gasteiger partial charge in [-0.3, -0.25) is 14.6 Å². The molecule has 1 aliphatic heterocycles. The number of aromatic nitrogens is 4. The largest absolute Gasteiger partial charge is 0.360 e. The number of benzene rings is 1. The molecule has 7 heteroatoms. The van der Waals surface area contributed by atoms with Crippen molar-refractivity contribution in [3.63, 3.8) is 0 Å². The Hall–Kier alpha value is -3.74. The van der Waals surface area contributed by atoms with Crippen molar-refractivity contribution in [2.45, 2.75) is 6.54 Å². The van der Waals surface area contributed by atoms with E-state index in [4.69, 9.17) is 0 Å². The third-order valence-electron chi connectivity index (χ3n) is 5.34. The lowest BCUT2D eigenvalue weighted by Gasteiger charge is -2.39. The molecule has 0 unspecified atom stereocenters. The average molecular weight is 385 g/mol. The first-order valence-corrected chi connectivity index (χ1v) is 9.53. The van der Waals surface area contributed by atoms with Crippen LogP contribution >= 0.6 is 0 Å². The zero-order valence-corrected chi connectivity index (χ0v) is 15.7. The lowest BCUT2D eigenvalue weighted by atomic mass is 9.98. The van der Waals surface area contributed by atoms with Crippen molar-refractivity contribution in [1.82, 2.24) is 24.6 Å². The minimum absolute atomic E-state index is 0.0181. The van der Waals surface area contributed by atoms with Crippen LogP contribution in [-0.4, -0.2) is 43.6 Å². The van der Waals surface area contributed by atoms with Gasteiger partial charge in [0.25, 0.3) is 11.5 Å². The Bertz CT molecular complexity index is 1240. The first-order valence-electron chi connectivity index (χ1n) is 9.53. The SMILES string of the molecule is O=C(c1c[nH]c2ccccc12)N1CC(Cn2nc(-c3ccncc3)ccc2=O)C1. The van der Waals surface area contributed by atoms with Crippen molar-refractivity contribution in [3.8, 4) is 11.3 Å². The summed E-state index contributed by atoms with van der Waals surface area (Å²) in [6.07, 6.45) is 5.17. The minimum atomic E-state index is -0.135. The summed E-state index contributed by atoms with van der Waals surface area (Å²) in [5.41, 5.74) is 3.16. The molecule has 0 saturated carbocycles. The van der Waals surface area contributed by atoms with E-state index in [9.17, 15) is 9.59 Å². The highest BCUT2D eigenvalue weighted by atomic mass is 16.2. The Morgan fingerprint density at radius 3 is 2.69 bits per heavy atom. The van der Waals surface area contributed by atoms with Crippen molar-refractivity contribution in [2.24, 2.45) is 5.92 Å². The zero-order chi connectivity index (χ0) is 19.8. The average Bonchev–Trinajstić information content (AvgIpc) is 3.16. The fourth-order valence-corrected chi connectivity index (χ4v) is 3.77. The van der Waals surface area contributed by atoms with Crippen LogP contribution in [0.15, 0.2) is 71.9 Å². The van der Waals surface area contributed by atoms with Crippen molar-refractivity contribution in [2.75, 3.05) is 13.1 Å². The number of amides is 1. The molecule has 0 spiro atoms. The van der Waals surface area contributed by atoms with Crippen LogP contribution in [0.4, 0.5) is 0 Å². The number of nitrogens with zero attached hydrogens (tertiary/aromatic N) is 4. The molecule has 7 nitrogen and oxygen atoms in total. The van der Waals surface area contributed by atoms with Gasteiger partial charge in [-0.25, -0.2) is 4.68 Å². The first-order chi connectivity index (χ1) is 14.2. The summed E-state index contributed by atoms with van der Waals surface area (Å²) in [4.78, 5) is 34.0. The second kappa shape index (κ2) is 7.01. The van der Waals surface area contributed by atoms with Crippen molar-refractivity contribution >= 4 is 16.8 Å². The summed E-state index contributed by atoms with van der Waals surface area (Å²) in [7, 11) is 0. The number of aromatic amines is 1. The second-order valence-corrected chi connectivity index (χ2v) is 7.30. The number of carbonyl (C=O) groups excluding carboxylic acids is 1. The molecule has 5 rings (SSSR count). The lowest BCUT2D eigenvalue weighted by molar-refractivity contribution is 0.0460. The molecule has 29 heavy (non-hydrogen) atoms. The number of nitrogens with one attached hydrogen (secondary N) is 1. The molecule has 0 radical (unpaired) electrons. The lowest BCUT2D eigenvalue weighted by Crippen LogP contribution is -2.52. The second-order valence-electron chi connectivity index (χ2n) is 7.30. The highest BCUT2D eigenvalue weighted by Gasteiger charge is 2.32. The summed E-state index contributed by atoms with van der Waals surface area (Å²) < 4.78 is 1.49. The van der Waals surface area contributed by atoms with Crippen LogP contribution in [0.25, 0.3) is 22.2 Å². The van der Waals surface area contributed by atoms with Gasteiger partial charge in [0.05, 0.1) is 17.8 Å². The highest BCUT2D eigenvalue weighted by Crippen LogP contribution is 2.24. The molecule has 4 heterocycles. The number of carbonyl (C=O) groups is 1. The molecule has 1 aromatic carbocycles. The fourth-order valence-electron chi connectivity index (χ4n) is 3.77. The number of H-pyrrole nitrogens is 1. The van der Waals surface area contributed by atoms with Gasteiger partial charge in [-0.1, -0.05) is 18.2 Å². The van der Waals surface area contributed by atoms with Gasteiger partial charge in [-0.05, 0) is 24.3 Å². The van der Waals surface area contributed by atoms with E-state index in [1.807, 2.05) is 41.3 Å². The summed E-state index contributed by atoms with van der Waals surface area (Å²) in [6, 6.07) is 14.8. The van der Waals surface area contributed by atoms with Crippen molar-refractivity contribution in [1.29, 1.82) is 0 Å². The normalized spacial score (nSPS) is 14.1. The van der Waals surface area contributed by atoms with E-state index in [1.54, 1.807) is 24.7 Å². The molecule has 0 aliphatic carbocycles. The van der Waals surface area contributed by atoms with Crippen molar-refractivity contribution < 1.29 is 4.79 Å². The molecule has 1 aliphatic rings. The number of fused-ring (bicyclic) bond motifs is 1. The molecular formula is C22H19N5O2. The third kappa shape index (κ3) is 3.20. The van der Waals surface area contributed by atoms with Crippen LogP contribution in [-0.2, 0) is 6.54 Å². The Kier molecular flexibility index (Phi) is 4.20. The topological polar surface area (TPSA) is 83.9 Å². The monoisotopic (exact) mass is 385 g/mol. The zero-order valence-electron chi connectivity index (χ0n) is 15.7. The van der Waals surface area contributed by atoms with E-state index in [1.165, 1.54) is 10.7 Å². The molecule has 0 atom stereocenters. The molecule has 0 bridgehead atoms. The molecule has 1 fully saturated rings. The maximum absolute atomic E-state index is 12.8. The van der Waals surface area contributed by atoms with Crippen LogP contribution < -0.4 is 5.56 Å². The highest BCUT2D eigenvalue weighted by molar-refractivity contribution is 6.06. The maximum Gasteiger partial charge on any atom is 0.266 e. The molecule has 1 saturated heterocycles. The van der Waals surface area contributed by atoms with Gasteiger partial charge < -0.3 is 9.88 Å². The first kappa shape index (κ1) is 17.4. The van der Waals surface area contributed by atoms with Gasteiger partial charge in [0, 0.05) is 60.1 Å². The molecule has 1 amide bonds. The Labute approximate surface area is 166 Å². The molecule has 144 valence electrons. The molecule has 3 aromatic heterocycles. The molecule has 4 aromatic rings. The quantitative estimate of drug-likeness (QED) is 0.585. The summed E-state index contributed by atoms with van der Waals surface area (Å²) in [5, 5.41) is 5.43. The number of para-hydroxylation sites is 1. The maximum atomic E-state index is 12.8. The predicted molar refractivity (Wildman–Crippen MR) is 109 cm³/mol. The van der Waals surface area contributed by atoms with Crippen molar-refractivity contribution in [3.05, 3.63) is 83.0 Å². The summed E-state index contributed by atoms with van der Waals surface area (Å²) in [5.74, 6) is 0.228. The van der Waals surface area contributed by atoms with Gasteiger partial charge >= 0.3 is 0 Å². The van der Waals surface area contributed by atoms with Gasteiger partial charge in [0.2, 0.25) is 0 Å². The van der Waals surface area contributed by atoms with Gasteiger partial charge in [0.15, 0.2) is 0 Å². The third-order valence-corrected chi connectivity index (χ3v) is 5.34. The standard InChI is InChI=1S/C22H19N5O2/c28-21-6-5-19(16-7-9-23-10-8-16)25-27(21)14-15-12-26(13-15)22(29)18-11-24-20-4-2-1-3-17(18)20/h1-11,15,24H,12-14H2. The van der Waals surface area contributed by atoms with E-state index in [-0.39, 0.29) is 17.4 Å². The number of hydrogen-bond donors (Lipinski definition) is 1. The van der Waals surface area contributed by atoms with E-state index < -0.39 is 0 Å². The van der Waals surface area contributed by atoms with Crippen LogP contribution in [0.1, 0.15) is 10.4 Å². The van der Waals surface area contributed by atoms with Gasteiger partial charge in [-0.2, -0.15) is 5.10 Å². The van der Waals surface area contributed by atoms with E-state index in [0.717, 1.165) is 22.2 Å². The minimum Gasteiger partial charge on any atom is -0.360 e. The van der Waals surface area contributed by atoms with Gasteiger partial charge in [0.1, 0.15) is 0 Å². The number of likely N-dealkylation sites (tertiary alicyclic amines) is 1. The number of rotatable bonds is 4. The van der Waals surface area contributed by atoms with Crippen LogP contribution in [0, 0.1) is 5.92 Å². The predicted octanol–water partition coefficient (Wildman–Crippen LogP) is 2.56. The number of pyridine rings is 1. The smallest absolute Gasteiger partial charge is 0.266 e. The summed E-state index contributed by atoms with van der Waals surface area (Å²) in [6.45, 7) is 1.73. The summed E-state index contributed by atoms with van der Waals surface area (Å²) >= 11 is 0. The number of hydrogen-bond acceptors (Lipinski definition) is 4. The van der Waals surface area contributed by atoms with E-state index in [2.05, 4.69) is 15.1 Å². The Morgan fingerprint density at radius 2 is 1.86 bits per heavy atom. The fraction of sp³-hybridized carbons (Fsp3) is 0.182. The Morgan fingerprint density at radius 1 is 1.07 bits per heavy atom. The molecular weight excluding hydrogens is 366 g/mol. The van der Waals surface area contributed by atoms with Crippen LogP contribution in [0.5, 0.6) is 0 Å².